The van der Waals surface area contributed by atoms with E-state index in [0.29, 0.717) is 48.3 Å². The van der Waals surface area contributed by atoms with Crippen LogP contribution in [0.3, 0.4) is 0 Å². The molecule has 1 saturated heterocycles. The molecule has 7 heteroatoms. The second-order valence-electron chi connectivity index (χ2n) is 5.78. The summed E-state index contributed by atoms with van der Waals surface area (Å²) in [5, 5.41) is 17.0. The molecule has 0 atom stereocenters. The number of rotatable bonds is 2. The van der Waals surface area contributed by atoms with Crippen molar-refractivity contribution in [1.29, 1.82) is 10.7 Å². The minimum atomic E-state index is -0.111. The van der Waals surface area contributed by atoms with Gasteiger partial charge in [-0.25, -0.2) is 9.78 Å². The number of para-hydroxylation sites is 1. The Morgan fingerprint density at radius 3 is 2.72 bits per heavy atom. The summed E-state index contributed by atoms with van der Waals surface area (Å²) in [7, 11) is 0. The summed E-state index contributed by atoms with van der Waals surface area (Å²) in [4.78, 5) is 18.0. The van der Waals surface area contributed by atoms with Gasteiger partial charge in [-0.2, -0.15) is 5.26 Å². The fourth-order valence-corrected chi connectivity index (χ4v) is 3.01. The molecule has 2 aromatic rings. The molecular weight excluding hydrogens is 316 g/mol. The van der Waals surface area contributed by atoms with Gasteiger partial charge >= 0.3 is 6.03 Å². The number of piperidine rings is 1. The molecule has 0 saturated carbocycles. The van der Waals surface area contributed by atoms with Gasteiger partial charge in [-0.05, 0) is 18.4 Å². The van der Waals surface area contributed by atoms with Crippen LogP contribution in [0, 0.1) is 16.7 Å². The lowest BCUT2D eigenvalue weighted by Crippen LogP contribution is -2.38. The van der Waals surface area contributed by atoms with Gasteiger partial charge in [-0.15, -0.1) is 0 Å². The van der Waals surface area contributed by atoms with E-state index in [0.717, 1.165) is 5.57 Å². The number of allylic oxidation sites excluding steroid dienone is 1. The van der Waals surface area contributed by atoms with E-state index in [9.17, 15) is 10.1 Å². The molecule has 1 aliphatic heterocycles. The first kappa shape index (κ1) is 16.5. The second kappa shape index (κ2) is 7.01. The Bertz CT molecular complexity index is 865. The molecule has 126 valence electrons. The van der Waals surface area contributed by atoms with Gasteiger partial charge in [0.15, 0.2) is 0 Å². The topological polar surface area (TPSA) is 112 Å². The first-order valence-electron chi connectivity index (χ1n) is 7.94. The number of nitrogens with two attached hydrogens (primary N) is 1. The average Bonchev–Trinajstić information content (AvgIpc) is 3.18. The van der Waals surface area contributed by atoms with E-state index in [2.05, 4.69) is 11.1 Å². The van der Waals surface area contributed by atoms with Crippen LogP contribution in [0.5, 0.6) is 0 Å². The third-order valence-electron chi connectivity index (χ3n) is 4.39. The highest BCUT2D eigenvalue weighted by molar-refractivity contribution is 5.94. The fraction of sp³-hybridized carbons (Fsp3) is 0.222. The lowest BCUT2D eigenvalue weighted by Gasteiger charge is -2.29. The van der Waals surface area contributed by atoms with Crippen molar-refractivity contribution in [3.8, 4) is 6.07 Å². The van der Waals surface area contributed by atoms with Gasteiger partial charge in [0.05, 0.1) is 11.6 Å². The normalized spacial score (nSPS) is 14.0. The number of imidazole rings is 1. The van der Waals surface area contributed by atoms with E-state index in [1.165, 1.54) is 17.1 Å². The summed E-state index contributed by atoms with van der Waals surface area (Å²) in [6.45, 7) is 1.09. The van der Waals surface area contributed by atoms with Crippen LogP contribution in [-0.4, -0.2) is 39.8 Å². The highest BCUT2D eigenvalue weighted by Gasteiger charge is 2.23. The fourth-order valence-electron chi connectivity index (χ4n) is 3.01. The lowest BCUT2D eigenvalue weighted by molar-refractivity contribution is 0.195. The number of likely N-dealkylation sites (tertiary alicyclic amines) is 1. The summed E-state index contributed by atoms with van der Waals surface area (Å²) in [6, 6.07) is 7.49. The molecule has 3 rings (SSSR count). The third kappa shape index (κ3) is 3.15. The Morgan fingerprint density at radius 2 is 2.12 bits per heavy atom. The van der Waals surface area contributed by atoms with Crippen molar-refractivity contribution < 1.29 is 4.79 Å². The van der Waals surface area contributed by atoms with Crippen molar-refractivity contribution in [2.24, 2.45) is 0 Å². The summed E-state index contributed by atoms with van der Waals surface area (Å²) in [5.41, 5.74) is 9.35. The molecule has 0 radical (unpaired) electrons. The quantitative estimate of drug-likeness (QED) is 0.499. The van der Waals surface area contributed by atoms with Gasteiger partial charge in [0.25, 0.3) is 0 Å². The standard InChI is InChI=1S/C18H18N6O/c19-10-14-2-1-3-15(17(14)21)16(11-20)13-4-7-23(8-5-13)18(25)24-9-6-22-12-24/h1-3,6,9-10,12,19H,4-5,7-8,21H2. The Kier molecular flexibility index (Phi) is 4.61. The van der Waals surface area contributed by atoms with E-state index in [1.54, 1.807) is 35.5 Å². The molecule has 1 fully saturated rings. The van der Waals surface area contributed by atoms with Crippen LogP contribution in [-0.2, 0) is 0 Å². The highest BCUT2D eigenvalue weighted by Crippen LogP contribution is 2.31. The Labute approximate surface area is 145 Å². The van der Waals surface area contributed by atoms with Crippen molar-refractivity contribution >= 4 is 23.5 Å². The van der Waals surface area contributed by atoms with E-state index in [4.69, 9.17) is 11.1 Å². The van der Waals surface area contributed by atoms with E-state index >= 15 is 0 Å². The number of nitriles is 1. The number of hydrogen-bond donors (Lipinski definition) is 2. The largest absolute Gasteiger partial charge is 0.398 e. The maximum Gasteiger partial charge on any atom is 0.329 e. The van der Waals surface area contributed by atoms with Gasteiger partial charge < -0.3 is 16.0 Å². The van der Waals surface area contributed by atoms with Gasteiger partial charge in [0, 0.05) is 48.5 Å². The van der Waals surface area contributed by atoms with Crippen molar-refractivity contribution in [2.45, 2.75) is 12.8 Å². The van der Waals surface area contributed by atoms with Crippen LogP contribution in [0.4, 0.5) is 10.5 Å². The lowest BCUT2D eigenvalue weighted by atomic mass is 9.92. The maximum absolute atomic E-state index is 12.3. The molecule has 1 aromatic heterocycles. The first-order valence-corrected chi connectivity index (χ1v) is 7.94. The number of carbonyl (C=O) groups excluding carboxylic acids is 1. The van der Waals surface area contributed by atoms with Gasteiger partial charge in [-0.3, -0.25) is 4.57 Å². The van der Waals surface area contributed by atoms with Crippen molar-refractivity contribution in [3.63, 3.8) is 0 Å². The molecule has 0 unspecified atom stereocenters. The Morgan fingerprint density at radius 1 is 1.36 bits per heavy atom. The zero-order chi connectivity index (χ0) is 17.8. The first-order chi connectivity index (χ1) is 12.2. The minimum Gasteiger partial charge on any atom is -0.398 e. The molecule has 0 spiro atoms. The van der Waals surface area contributed by atoms with Gasteiger partial charge in [0.1, 0.15) is 6.33 Å². The van der Waals surface area contributed by atoms with Gasteiger partial charge in [-0.1, -0.05) is 18.2 Å². The number of nitrogens with zero attached hydrogens (tertiary/aromatic N) is 4. The van der Waals surface area contributed by atoms with Gasteiger partial charge in [0.2, 0.25) is 0 Å². The molecule has 7 nitrogen and oxygen atoms in total. The number of aromatic nitrogens is 2. The number of amides is 1. The minimum absolute atomic E-state index is 0.111. The van der Waals surface area contributed by atoms with E-state index in [1.807, 2.05) is 0 Å². The van der Waals surface area contributed by atoms with Crippen molar-refractivity contribution in [2.75, 3.05) is 18.8 Å². The molecule has 2 heterocycles. The number of nitrogens with one attached hydrogen (secondary N) is 1. The molecule has 1 amide bonds. The number of carbonyl (C=O) groups is 1. The van der Waals surface area contributed by atoms with Crippen molar-refractivity contribution in [1.82, 2.24) is 14.5 Å². The molecule has 0 bridgehead atoms. The predicted molar refractivity (Wildman–Crippen MR) is 95.1 cm³/mol. The second-order valence-corrected chi connectivity index (χ2v) is 5.78. The van der Waals surface area contributed by atoms with Crippen LogP contribution in [0.25, 0.3) is 5.57 Å². The molecule has 1 aliphatic rings. The van der Waals surface area contributed by atoms with Crippen LogP contribution in [0.15, 0.2) is 42.5 Å². The SMILES string of the molecule is N#CC(=C1CCN(C(=O)n2ccnc2)CC1)c1cccc(C=N)c1N. The zero-order valence-corrected chi connectivity index (χ0v) is 13.6. The smallest absolute Gasteiger partial charge is 0.329 e. The summed E-state index contributed by atoms with van der Waals surface area (Å²) >= 11 is 0. The van der Waals surface area contributed by atoms with Crippen LogP contribution < -0.4 is 5.73 Å². The summed E-state index contributed by atoms with van der Waals surface area (Å²) in [6.07, 6.45) is 7.11. The number of anilines is 1. The maximum atomic E-state index is 12.3. The van der Waals surface area contributed by atoms with Crippen molar-refractivity contribution in [3.05, 3.63) is 53.6 Å². The molecule has 1 aromatic carbocycles. The summed E-state index contributed by atoms with van der Waals surface area (Å²) in [5.74, 6) is 0. The van der Waals surface area contributed by atoms with Crippen LogP contribution in [0.1, 0.15) is 24.0 Å². The highest BCUT2D eigenvalue weighted by atomic mass is 16.2. The van der Waals surface area contributed by atoms with E-state index in [-0.39, 0.29) is 6.03 Å². The molecule has 0 aliphatic carbocycles. The number of hydrogen-bond acceptors (Lipinski definition) is 5. The average molecular weight is 334 g/mol. The summed E-state index contributed by atoms with van der Waals surface area (Å²) < 4.78 is 1.45. The molecular formula is C18H18N6O. The third-order valence-corrected chi connectivity index (χ3v) is 4.39. The zero-order valence-electron chi connectivity index (χ0n) is 13.6. The van der Waals surface area contributed by atoms with Crippen LogP contribution in [0.2, 0.25) is 0 Å². The Hall–Kier alpha value is -3.40. The Balaban J connectivity index is 1.83. The number of benzene rings is 1. The molecule has 25 heavy (non-hydrogen) atoms. The molecule has 3 N–H and O–H groups in total. The number of nitrogen functional groups attached to an aromatic ring is 1. The monoisotopic (exact) mass is 334 g/mol. The van der Waals surface area contributed by atoms with Crippen LogP contribution >= 0.6 is 0 Å². The van der Waals surface area contributed by atoms with E-state index < -0.39 is 0 Å². The predicted octanol–water partition coefficient (Wildman–Crippen LogP) is 2.50.